The Balaban J connectivity index is 2.58. The third-order valence-electron chi connectivity index (χ3n) is 3.43. The van der Waals surface area contributed by atoms with E-state index in [0.29, 0.717) is 12.1 Å². The van der Waals surface area contributed by atoms with Crippen LogP contribution in [0.5, 0.6) is 0 Å². The van der Waals surface area contributed by atoms with Gasteiger partial charge in [-0.3, -0.25) is 4.79 Å². The minimum atomic E-state index is -4.36. The molecule has 1 amide bonds. The molecule has 0 bridgehead atoms. The summed E-state index contributed by atoms with van der Waals surface area (Å²) in [5.41, 5.74) is -0.164. The molecule has 1 rings (SSSR count). The highest BCUT2D eigenvalue weighted by Crippen LogP contribution is 2.31. The summed E-state index contributed by atoms with van der Waals surface area (Å²) in [6.45, 7) is 7.01. The number of nitrogens with one attached hydrogen (secondary N) is 2. The second-order valence-electron chi connectivity index (χ2n) is 5.49. The van der Waals surface area contributed by atoms with Crippen LogP contribution in [-0.2, 0) is 11.0 Å². The summed E-state index contributed by atoms with van der Waals surface area (Å²) in [6, 6.07) is 5.31. The van der Waals surface area contributed by atoms with Crippen LogP contribution in [0.4, 0.5) is 13.2 Å². The Hall–Kier alpha value is -1.56. The predicted octanol–water partition coefficient (Wildman–Crippen LogP) is 3.31. The molecule has 0 spiro atoms. The molecule has 22 heavy (non-hydrogen) atoms. The SMILES string of the molecule is CCN[C@H](C)CNC(=O)CC(C)c1cccc(C(F)(F)F)c1. The Morgan fingerprint density at radius 3 is 2.55 bits per heavy atom. The van der Waals surface area contributed by atoms with Gasteiger partial charge in [0.15, 0.2) is 0 Å². The minimum absolute atomic E-state index is 0.158. The summed E-state index contributed by atoms with van der Waals surface area (Å²) in [5, 5.41) is 5.96. The average molecular weight is 316 g/mol. The van der Waals surface area contributed by atoms with Crippen LogP contribution in [0, 0.1) is 0 Å². The number of carbonyl (C=O) groups is 1. The fourth-order valence-corrected chi connectivity index (χ4v) is 2.18. The van der Waals surface area contributed by atoms with Gasteiger partial charge in [0, 0.05) is 19.0 Å². The molecule has 0 heterocycles. The zero-order chi connectivity index (χ0) is 16.8. The van der Waals surface area contributed by atoms with Crippen molar-refractivity contribution in [2.75, 3.05) is 13.1 Å². The first-order valence-electron chi connectivity index (χ1n) is 7.41. The number of rotatable bonds is 7. The minimum Gasteiger partial charge on any atom is -0.355 e. The van der Waals surface area contributed by atoms with Crippen molar-refractivity contribution in [2.45, 2.75) is 45.3 Å². The maximum atomic E-state index is 12.7. The van der Waals surface area contributed by atoms with Crippen molar-refractivity contribution in [2.24, 2.45) is 0 Å². The van der Waals surface area contributed by atoms with Gasteiger partial charge in [-0.1, -0.05) is 32.0 Å². The molecule has 2 atom stereocenters. The van der Waals surface area contributed by atoms with E-state index >= 15 is 0 Å². The first kappa shape index (κ1) is 18.5. The lowest BCUT2D eigenvalue weighted by Gasteiger charge is -2.16. The number of alkyl halides is 3. The lowest BCUT2D eigenvalue weighted by Crippen LogP contribution is -2.39. The van der Waals surface area contributed by atoms with E-state index in [4.69, 9.17) is 0 Å². The van der Waals surface area contributed by atoms with Crippen molar-refractivity contribution in [1.29, 1.82) is 0 Å². The Morgan fingerprint density at radius 2 is 1.95 bits per heavy atom. The van der Waals surface area contributed by atoms with Crippen LogP contribution in [0.25, 0.3) is 0 Å². The van der Waals surface area contributed by atoms with Gasteiger partial charge in [-0.2, -0.15) is 13.2 Å². The Bertz CT molecular complexity index is 489. The second kappa shape index (κ2) is 8.17. The molecule has 0 aromatic heterocycles. The van der Waals surface area contributed by atoms with Crippen LogP contribution in [0.3, 0.4) is 0 Å². The maximum absolute atomic E-state index is 12.7. The van der Waals surface area contributed by atoms with Gasteiger partial charge in [0.2, 0.25) is 5.91 Å². The zero-order valence-corrected chi connectivity index (χ0v) is 13.1. The number of benzene rings is 1. The topological polar surface area (TPSA) is 41.1 Å². The van der Waals surface area contributed by atoms with E-state index in [1.807, 2.05) is 13.8 Å². The first-order chi connectivity index (χ1) is 10.2. The van der Waals surface area contributed by atoms with E-state index in [-0.39, 0.29) is 24.3 Å². The van der Waals surface area contributed by atoms with Crippen molar-refractivity contribution in [1.82, 2.24) is 10.6 Å². The number of halogens is 3. The van der Waals surface area contributed by atoms with Crippen LogP contribution in [0.2, 0.25) is 0 Å². The van der Waals surface area contributed by atoms with Crippen molar-refractivity contribution in [3.05, 3.63) is 35.4 Å². The van der Waals surface area contributed by atoms with Crippen LogP contribution in [0.1, 0.15) is 44.2 Å². The van der Waals surface area contributed by atoms with Gasteiger partial charge in [-0.15, -0.1) is 0 Å². The molecule has 0 fully saturated rings. The monoisotopic (exact) mass is 316 g/mol. The highest BCUT2D eigenvalue weighted by atomic mass is 19.4. The van der Waals surface area contributed by atoms with Gasteiger partial charge in [-0.25, -0.2) is 0 Å². The quantitative estimate of drug-likeness (QED) is 0.810. The van der Waals surface area contributed by atoms with Crippen LogP contribution < -0.4 is 10.6 Å². The molecular formula is C16H23F3N2O. The summed E-state index contributed by atoms with van der Waals surface area (Å²) in [6.07, 6.45) is -4.20. The summed E-state index contributed by atoms with van der Waals surface area (Å²) in [7, 11) is 0. The number of carbonyl (C=O) groups excluding carboxylic acids is 1. The van der Waals surface area contributed by atoms with E-state index in [1.165, 1.54) is 6.07 Å². The molecule has 0 saturated heterocycles. The Labute approximate surface area is 129 Å². The van der Waals surface area contributed by atoms with Crippen LogP contribution >= 0.6 is 0 Å². The molecule has 0 radical (unpaired) electrons. The van der Waals surface area contributed by atoms with E-state index in [0.717, 1.165) is 18.7 Å². The van der Waals surface area contributed by atoms with Gasteiger partial charge >= 0.3 is 6.18 Å². The lowest BCUT2D eigenvalue weighted by molar-refractivity contribution is -0.137. The highest BCUT2D eigenvalue weighted by molar-refractivity contribution is 5.76. The van der Waals surface area contributed by atoms with Crippen molar-refractivity contribution in [3.63, 3.8) is 0 Å². The van der Waals surface area contributed by atoms with Crippen LogP contribution in [0.15, 0.2) is 24.3 Å². The molecule has 1 aromatic rings. The van der Waals surface area contributed by atoms with Crippen molar-refractivity contribution < 1.29 is 18.0 Å². The molecule has 3 nitrogen and oxygen atoms in total. The first-order valence-corrected chi connectivity index (χ1v) is 7.41. The summed E-state index contributed by atoms with van der Waals surface area (Å²) >= 11 is 0. The van der Waals surface area contributed by atoms with E-state index < -0.39 is 11.7 Å². The second-order valence-corrected chi connectivity index (χ2v) is 5.49. The molecule has 1 unspecified atom stereocenters. The number of hydrogen-bond acceptors (Lipinski definition) is 2. The highest BCUT2D eigenvalue weighted by Gasteiger charge is 2.30. The van der Waals surface area contributed by atoms with E-state index in [2.05, 4.69) is 10.6 Å². The standard InChI is InChI=1S/C16H23F3N2O/c1-4-20-12(3)10-21-15(22)8-11(2)13-6-5-7-14(9-13)16(17,18)19/h5-7,9,11-12,20H,4,8,10H2,1-3H3,(H,21,22)/t11?,12-/m1/s1. The predicted molar refractivity (Wildman–Crippen MR) is 80.6 cm³/mol. The summed E-state index contributed by atoms with van der Waals surface area (Å²) in [5.74, 6) is -0.425. The smallest absolute Gasteiger partial charge is 0.355 e. The Kier molecular flexibility index (Phi) is 6.87. The van der Waals surface area contributed by atoms with Gasteiger partial charge < -0.3 is 10.6 Å². The van der Waals surface area contributed by atoms with Crippen molar-refractivity contribution in [3.8, 4) is 0 Å². The fraction of sp³-hybridized carbons (Fsp3) is 0.562. The number of amides is 1. The molecule has 124 valence electrons. The lowest BCUT2D eigenvalue weighted by atomic mass is 9.95. The maximum Gasteiger partial charge on any atom is 0.416 e. The third-order valence-corrected chi connectivity index (χ3v) is 3.43. The summed E-state index contributed by atoms with van der Waals surface area (Å²) in [4.78, 5) is 11.9. The van der Waals surface area contributed by atoms with Gasteiger partial charge in [-0.05, 0) is 31.0 Å². The zero-order valence-electron chi connectivity index (χ0n) is 13.1. The molecule has 6 heteroatoms. The molecule has 0 aliphatic heterocycles. The van der Waals surface area contributed by atoms with Gasteiger partial charge in [0.25, 0.3) is 0 Å². The summed E-state index contributed by atoms with van der Waals surface area (Å²) < 4.78 is 38.1. The van der Waals surface area contributed by atoms with Gasteiger partial charge in [0.1, 0.15) is 0 Å². The van der Waals surface area contributed by atoms with E-state index in [1.54, 1.807) is 13.0 Å². The molecule has 0 aliphatic rings. The normalized spacial score (nSPS) is 14.5. The molecular weight excluding hydrogens is 293 g/mol. The number of likely N-dealkylation sites (N-methyl/N-ethyl adjacent to an activating group) is 1. The third kappa shape index (κ3) is 6.05. The largest absolute Gasteiger partial charge is 0.416 e. The van der Waals surface area contributed by atoms with Crippen LogP contribution in [-0.4, -0.2) is 25.0 Å². The molecule has 1 aromatic carbocycles. The average Bonchev–Trinajstić information content (AvgIpc) is 2.44. The fourth-order valence-electron chi connectivity index (χ4n) is 2.18. The molecule has 2 N–H and O–H groups in total. The molecule has 0 aliphatic carbocycles. The van der Waals surface area contributed by atoms with Gasteiger partial charge in [0.05, 0.1) is 5.56 Å². The Morgan fingerprint density at radius 1 is 1.27 bits per heavy atom. The van der Waals surface area contributed by atoms with E-state index in [9.17, 15) is 18.0 Å². The number of hydrogen-bond donors (Lipinski definition) is 2. The molecule has 0 saturated carbocycles. The van der Waals surface area contributed by atoms with Crippen molar-refractivity contribution >= 4 is 5.91 Å².